The van der Waals surface area contributed by atoms with Crippen LogP contribution in [0.5, 0.6) is 5.75 Å². The van der Waals surface area contributed by atoms with Gasteiger partial charge in [-0.3, -0.25) is 9.59 Å². The number of oxazole rings is 1. The summed E-state index contributed by atoms with van der Waals surface area (Å²) < 4.78 is 50.8. The molecule has 43 heavy (non-hydrogen) atoms. The number of likely N-dealkylation sites (tertiary alicyclic amines) is 1. The first-order valence-corrected chi connectivity index (χ1v) is 14.7. The molecule has 228 valence electrons. The number of methoxy groups -OCH3 is 2. The second-order valence-corrected chi connectivity index (χ2v) is 11.1. The predicted octanol–water partition coefficient (Wildman–Crippen LogP) is 5.73. The van der Waals surface area contributed by atoms with E-state index in [-0.39, 0.29) is 65.2 Å². The highest BCUT2D eigenvalue weighted by Crippen LogP contribution is 2.39. The minimum atomic E-state index is -0.700. The van der Waals surface area contributed by atoms with E-state index < -0.39 is 11.6 Å². The standard InChI is InChI=1S/C30H32F2N4O6S/c1-4-41-16-19-7-10-23(29-33-15-20(43-29)8-12-26(38)40-3)36(19)25(37)13-17-5-9-21-28(27(17)32)42-30(34-21)35-22-14-18(31)6-11-24(22)39-2/h5-6,9,11,14-15,19,23H,4,7-8,10,12-13,16H2,1-3H3,(H,34,35)/t19-,23-/m0/s1. The zero-order valence-electron chi connectivity index (χ0n) is 24.0. The number of rotatable bonds is 12. The molecule has 0 unspecified atom stereocenters. The van der Waals surface area contributed by atoms with E-state index in [1.807, 2.05) is 6.92 Å². The Morgan fingerprint density at radius 1 is 1.19 bits per heavy atom. The summed E-state index contributed by atoms with van der Waals surface area (Å²) in [4.78, 5) is 36.9. The first kappa shape index (κ1) is 30.4. The van der Waals surface area contributed by atoms with Crippen molar-refractivity contribution in [2.45, 2.75) is 51.1 Å². The topological polar surface area (TPSA) is 116 Å². The van der Waals surface area contributed by atoms with Gasteiger partial charge in [-0.1, -0.05) is 6.07 Å². The van der Waals surface area contributed by atoms with Gasteiger partial charge in [-0.2, -0.15) is 4.98 Å². The van der Waals surface area contributed by atoms with E-state index in [1.54, 1.807) is 17.2 Å². The number of halogens is 2. The van der Waals surface area contributed by atoms with E-state index in [4.69, 9.17) is 18.6 Å². The number of thiazole rings is 1. The minimum Gasteiger partial charge on any atom is -0.495 e. The third kappa shape index (κ3) is 6.78. The normalized spacial score (nSPS) is 16.5. The van der Waals surface area contributed by atoms with E-state index in [2.05, 4.69) is 15.3 Å². The Balaban J connectivity index is 1.36. The molecule has 0 saturated carbocycles. The lowest BCUT2D eigenvalue weighted by Crippen LogP contribution is -2.40. The molecule has 2 aromatic carbocycles. The number of ether oxygens (including phenoxy) is 3. The molecular weight excluding hydrogens is 582 g/mol. The molecule has 4 aromatic rings. The summed E-state index contributed by atoms with van der Waals surface area (Å²) in [7, 11) is 2.79. The molecule has 1 amide bonds. The average molecular weight is 615 g/mol. The highest BCUT2D eigenvalue weighted by atomic mass is 32.1. The number of aryl methyl sites for hydroxylation is 1. The Kier molecular flexibility index (Phi) is 9.51. The second kappa shape index (κ2) is 13.5. The van der Waals surface area contributed by atoms with Gasteiger partial charge in [-0.05, 0) is 44.4 Å². The molecule has 1 saturated heterocycles. The lowest BCUT2D eigenvalue weighted by molar-refractivity contribution is -0.140. The van der Waals surface area contributed by atoms with Crippen molar-refractivity contribution < 1.29 is 37.0 Å². The average Bonchev–Trinajstić information content (AvgIpc) is 3.75. The number of aromatic nitrogens is 2. The molecule has 2 aromatic heterocycles. The number of nitrogens with zero attached hydrogens (tertiary/aromatic N) is 3. The molecule has 0 aliphatic carbocycles. The Morgan fingerprint density at radius 3 is 2.79 bits per heavy atom. The number of carbonyl (C=O) groups is 2. The van der Waals surface area contributed by atoms with Crippen LogP contribution in [-0.2, 0) is 31.9 Å². The minimum absolute atomic E-state index is 0.0514. The Morgan fingerprint density at radius 2 is 2.02 bits per heavy atom. The number of esters is 1. The van der Waals surface area contributed by atoms with Crippen molar-refractivity contribution in [1.29, 1.82) is 0 Å². The van der Waals surface area contributed by atoms with Gasteiger partial charge in [0.15, 0.2) is 11.4 Å². The lowest BCUT2D eigenvalue weighted by Gasteiger charge is -2.29. The third-order valence-corrected chi connectivity index (χ3v) is 8.44. The maximum absolute atomic E-state index is 15.7. The quantitative estimate of drug-likeness (QED) is 0.200. The monoisotopic (exact) mass is 614 g/mol. The fourth-order valence-corrected chi connectivity index (χ4v) is 6.23. The van der Waals surface area contributed by atoms with Crippen molar-refractivity contribution >= 4 is 46.0 Å². The highest BCUT2D eigenvalue weighted by molar-refractivity contribution is 7.11. The van der Waals surface area contributed by atoms with Gasteiger partial charge >= 0.3 is 5.97 Å². The number of hydrogen-bond acceptors (Lipinski definition) is 10. The summed E-state index contributed by atoms with van der Waals surface area (Å²) in [5.41, 5.74) is 0.535. The van der Waals surface area contributed by atoms with Crippen molar-refractivity contribution in [3.8, 4) is 5.75 Å². The fourth-order valence-electron chi connectivity index (χ4n) is 5.18. The van der Waals surface area contributed by atoms with Crippen molar-refractivity contribution in [1.82, 2.24) is 14.9 Å². The zero-order valence-corrected chi connectivity index (χ0v) is 24.8. The smallest absolute Gasteiger partial charge is 0.305 e. The maximum Gasteiger partial charge on any atom is 0.305 e. The van der Waals surface area contributed by atoms with Crippen LogP contribution in [0.1, 0.15) is 47.7 Å². The SMILES string of the molecule is CCOC[C@@H]1CC[C@@H](c2ncc(CCC(=O)OC)s2)N1C(=O)Cc1ccc2nc(Nc3cc(F)ccc3OC)oc2c1F. The Labute approximate surface area is 251 Å². The predicted molar refractivity (Wildman–Crippen MR) is 155 cm³/mol. The number of anilines is 2. The van der Waals surface area contributed by atoms with E-state index in [1.165, 1.54) is 49.8 Å². The summed E-state index contributed by atoms with van der Waals surface area (Å²) in [5.74, 6) is -1.41. The fraction of sp³-hybridized carbons (Fsp3) is 0.400. The summed E-state index contributed by atoms with van der Waals surface area (Å²) >= 11 is 1.46. The van der Waals surface area contributed by atoms with E-state index >= 15 is 4.39 Å². The highest BCUT2D eigenvalue weighted by Gasteiger charge is 2.39. The summed E-state index contributed by atoms with van der Waals surface area (Å²) in [6.45, 7) is 2.76. The molecule has 0 spiro atoms. The van der Waals surface area contributed by atoms with Gasteiger partial charge in [0, 0.05) is 29.3 Å². The zero-order chi connectivity index (χ0) is 30.5. The number of fused-ring (bicyclic) bond motifs is 1. The molecule has 0 bridgehead atoms. The molecule has 5 rings (SSSR count). The first-order valence-electron chi connectivity index (χ1n) is 13.9. The largest absolute Gasteiger partial charge is 0.495 e. The van der Waals surface area contributed by atoms with Gasteiger partial charge in [0.1, 0.15) is 22.1 Å². The number of benzene rings is 2. The van der Waals surface area contributed by atoms with Crippen LogP contribution in [-0.4, -0.2) is 60.2 Å². The maximum atomic E-state index is 15.7. The Bertz CT molecular complexity index is 1610. The molecule has 1 fully saturated rings. The molecular formula is C30H32F2N4O6S. The Hall–Kier alpha value is -4.10. The van der Waals surface area contributed by atoms with Crippen LogP contribution in [0.25, 0.3) is 11.1 Å². The van der Waals surface area contributed by atoms with Crippen molar-refractivity contribution in [2.24, 2.45) is 0 Å². The molecule has 13 heteroatoms. The summed E-state index contributed by atoms with van der Waals surface area (Å²) in [6.07, 6.45) is 3.67. The first-order chi connectivity index (χ1) is 20.8. The molecule has 10 nitrogen and oxygen atoms in total. The van der Waals surface area contributed by atoms with Crippen molar-refractivity contribution in [3.05, 3.63) is 63.6 Å². The number of carbonyl (C=O) groups excluding carboxylic acids is 2. The van der Waals surface area contributed by atoms with Crippen molar-refractivity contribution in [2.75, 3.05) is 32.8 Å². The molecule has 1 aliphatic rings. The van der Waals surface area contributed by atoms with Crippen molar-refractivity contribution in [3.63, 3.8) is 0 Å². The summed E-state index contributed by atoms with van der Waals surface area (Å²) in [6, 6.07) is 6.48. The van der Waals surface area contributed by atoms with Crippen LogP contribution in [0.2, 0.25) is 0 Å². The van der Waals surface area contributed by atoms with E-state index in [9.17, 15) is 14.0 Å². The molecule has 1 aliphatic heterocycles. The van der Waals surface area contributed by atoms with Gasteiger partial charge in [-0.15, -0.1) is 11.3 Å². The molecule has 0 radical (unpaired) electrons. The van der Waals surface area contributed by atoms with Crippen LogP contribution in [0.4, 0.5) is 20.5 Å². The molecule has 1 N–H and O–H groups in total. The molecule has 2 atom stereocenters. The number of nitrogens with one attached hydrogen (secondary N) is 1. The van der Waals surface area contributed by atoms with Gasteiger partial charge in [0.2, 0.25) is 5.91 Å². The lowest BCUT2D eigenvalue weighted by atomic mass is 10.1. The van der Waals surface area contributed by atoms with Crippen LogP contribution in [0.3, 0.4) is 0 Å². The number of hydrogen-bond donors (Lipinski definition) is 1. The van der Waals surface area contributed by atoms with Gasteiger partial charge in [-0.25, -0.2) is 13.8 Å². The van der Waals surface area contributed by atoms with Crippen LogP contribution in [0, 0.1) is 11.6 Å². The third-order valence-electron chi connectivity index (χ3n) is 7.29. The van der Waals surface area contributed by atoms with Gasteiger partial charge in [0.25, 0.3) is 6.01 Å². The van der Waals surface area contributed by atoms with Gasteiger partial charge in [0.05, 0.1) is 51.4 Å². The number of amides is 1. The molecule has 3 heterocycles. The summed E-state index contributed by atoms with van der Waals surface area (Å²) in [5, 5.41) is 3.59. The van der Waals surface area contributed by atoms with E-state index in [0.717, 1.165) is 16.3 Å². The van der Waals surface area contributed by atoms with E-state index in [0.29, 0.717) is 31.8 Å². The van der Waals surface area contributed by atoms with Crippen LogP contribution < -0.4 is 10.1 Å². The van der Waals surface area contributed by atoms with Crippen LogP contribution in [0.15, 0.2) is 40.9 Å². The second-order valence-electron chi connectivity index (χ2n) is 10.0. The van der Waals surface area contributed by atoms with Gasteiger partial charge < -0.3 is 28.8 Å². The van der Waals surface area contributed by atoms with Crippen LogP contribution >= 0.6 is 11.3 Å².